The molecule has 0 spiro atoms. The lowest BCUT2D eigenvalue weighted by Gasteiger charge is -2.08. The van der Waals surface area contributed by atoms with Gasteiger partial charge in [0.15, 0.2) is 0 Å². The van der Waals surface area contributed by atoms with Crippen LogP contribution in [0.4, 0.5) is 0 Å². The number of halogens is 1. The third-order valence-electron chi connectivity index (χ3n) is 1.67. The van der Waals surface area contributed by atoms with E-state index in [1.807, 2.05) is 6.92 Å². The number of carbonyl (C=O) groups excluding carboxylic acids is 2. The number of nitrogens with one attached hydrogen (secondary N) is 2. The van der Waals surface area contributed by atoms with E-state index >= 15 is 0 Å². The molecule has 0 aromatic heterocycles. The van der Waals surface area contributed by atoms with E-state index in [0.29, 0.717) is 6.54 Å². The summed E-state index contributed by atoms with van der Waals surface area (Å²) in [5.74, 6) is -0.341. The molecule has 2 amide bonds. The van der Waals surface area contributed by atoms with E-state index in [-0.39, 0.29) is 30.2 Å². The highest BCUT2D eigenvalue weighted by molar-refractivity contribution is 6.19. The molecule has 0 aromatic carbocycles. The van der Waals surface area contributed by atoms with Crippen molar-refractivity contribution in [2.24, 2.45) is 5.92 Å². The molecule has 1 unspecified atom stereocenters. The molecule has 1 atom stereocenters. The molecule has 0 fully saturated rings. The second-order valence-corrected chi connectivity index (χ2v) is 3.43. The molecule has 0 radical (unpaired) electrons. The summed E-state index contributed by atoms with van der Waals surface area (Å²) in [6, 6.07) is 0. The van der Waals surface area contributed by atoms with Gasteiger partial charge in [-0.2, -0.15) is 0 Å². The predicted octanol–water partition coefficient (Wildman–Crippen LogP) is 0.504. The maximum absolute atomic E-state index is 11.2. The van der Waals surface area contributed by atoms with Crippen molar-refractivity contribution in [2.45, 2.75) is 20.3 Å². The Morgan fingerprint density at radius 3 is 2.50 bits per heavy atom. The third-order valence-corrected chi connectivity index (χ3v) is 2.14. The van der Waals surface area contributed by atoms with Crippen molar-refractivity contribution < 1.29 is 9.59 Å². The van der Waals surface area contributed by atoms with E-state index in [0.717, 1.165) is 6.42 Å². The number of amides is 2. The van der Waals surface area contributed by atoms with Gasteiger partial charge in [-0.15, -0.1) is 11.6 Å². The van der Waals surface area contributed by atoms with E-state index in [1.165, 1.54) is 0 Å². The molecule has 4 nitrogen and oxygen atoms in total. The van der Waals surface area contributed by atoms with Crippen LogP contribution in [0.1, 0.15) is 20.3 Å². The molecule has 0 saturated carbocycles. The summed E-state index contributed by atoms with van der Waals surface area (Å²) in [5, 5.41) is 5.16. The van der Waals surface area contributed by atoms with E-state index in [9.17, 15) is 9.59 Å². The highest BCUT2D eigenvalue weighted by Gasteiger charge is 2.11. The largest absolute Gasteiger partial charge is 0.355 e. The lowest BCUT2D eigenvalue weighted by atomic mass is 10.2. The lowest BCUT2D eigenvalue weighted by molar-refractivity contribution is -0.127. The van der Waals surface area contributed by atoms with Crippen molar-refractivity contribution in [3.63, 3.8) is 0 Å². The Bertz CT molecular complexity index is 197. The zero-order chi connectivity index (χ0) is 11.0. The third kappa shape index (κ3) is 5.80. The summed E-state index contributed by atoms with van der Waals surface area (Å²) in [6.45, 7) is 4.35. The molecule has 5 heteroatoms. The average molecular weight is 221 g/mol. The summed E-state index contributed by atoms with van der Waals surface area (Å²) in [5.41, 5.74) is 0. The van der Waals surface area contributed by atoms with E-state index in [4.69, 9.17) is 11.6 Å². The first-order valence-electron chi connectivity index (χ1n) is 4.72. The molecule has 0 aliphatic carbocycles. The summed E-state index contributed by atoms with van der Waals surface area (Å²) in [6.07, 6.45) is 0.887. The fraction of sp³-hybridized carbons (Fsp3) is 0.778. The van der Waals surface area contributed by atoms with Gasteiger partial charge in [0.05, 0.1) is 6.54 Å². The standard InChI is InChI=1S/C9H17ClN2O2/c1-3-4-11-8(13)6-12-9(14)7(2)5-10/h7H,3-6H2,1-2H3,(H,11,13)(H,12,14). The molecule has 82 valence electrons. The molecule has 0 aromatic rings. The van der Waals surface area contributed by atoms with Crippen molar-refractivity contribution in [2.75, 3.05) is 19.0 Å². The Hall–Kier alpha value is -0.770. The summed E-state index contributed by atoms with van der Waals surface area (Å²) in [7, 11) is 0. The van der Waals surface area contributed by atoms with Gasteiger partial charge in [-0.05, 0) is 6.42 Å². The highest BCUT2D eigenvalue weighted by Crippen LogP contribution is 1.96. The molecule has 0 heterocycles. The number of rotatable bonds is 6. The van der Waals surface area contributed by atoms with Gasteiger partial charge in [0, 0.05) is 18.3 Å². The zero-order valence-electron chi connectivity index (χ0n) is 8.60. The molecule has 0 saturated heterocycles. The second kappa shape index (κ2) is 7.62. The van der Waals surface area contributed by atoms with Crippen LogP contribution >= 0.6 is 11.6 Å². The van der Waals surface area contributed by atoms with Gasteiger partial charge < -0.3 is 10.6 Å². The minimum Gasteiger partial charge on any atom is -0.355 e. The topological polar surface area (TPSA) is 58.2 Å². The maximum Gasteiger partial charge on any atom is 0.239 e. The second-order valence-electron chi connectivity index (χ2n) is 3.12. The minimum absolute atomic E-state index is 0.0278. The fourth-order valence-corrected chi connectivity index (χ4v) is 0.879. The van der Waals surface area contributed by atoms with Crippen LogP contribution in [0, 0.1) is 5.92 Å². The van der Waals surface area contributed by atoms with E-state index in [2.05, 4.69) is 10.6 Å². The Morgan fingerprint density at radius 2 is 2.00 bits per heavy atom. The van der Waals surface area contributed by atoms with Crippen LogP contribution in [0.3, 0.4) is 0 Å². The van der Waals surface area contributed by atoms with Gasteiger partial charge in [-0.25, -0.2) is 0 Å². The summed E-state index contributed by atoms with van der Waals surface area (Å²) < 4.78 is 0. The number of hydrogen-bond acceptors (Lipinski definition) is 2. The molecular weight excluding hydrogens is 204 g/mol. The van der Waals surface area contributed by atoms with Gasteiger partial charge in [-0.3, -0.25) is 9.59 Å². The quantitative estimate of drug-likeness (QED) is 0.641. The van der Waals surface area contributed by atoms with Crippen LogP contribution in [-0.4, -0.2) is 30.8 Å². The average Bonchev–Trinajstić information content (AvgIpc) is 2.21. The Morgan fingerprint density at radius 1 is 1.36 bits per heavy atom. The smallest absolute Gasteiger partial charge is 0.239 e. The zero-order valence-corrected chi connectivity index (χ0v) is 9.36. The van der Waals surface area contributed by atoms with E-state index < -0.39 is 0 Å². The van der Waals surface area contributed by atoms with Gasteiger partial charge in [0.25, 0.3) is 0 Å². The van der Waals surface area contributed by atoms with E-state index in [1.54, 1.807) is 6.92 Å². The van der Waals surface area contributed by atoms with Crippen LogP contribution in [-0.2, 0) is 9.59 Å². The molecule has 2 N–H and O–H groups in total. The van der Waals surface area contributed by atoms with Gasteiger partial charge >= 0.3 is 0 Å². The SMILES string of the molecule is CCCNC(=O)CNC(=O)C(C)CCl. The maximum atomic E-state index is 11.2. The molecule has 0 aliphatic heterocycles. The lowest BCUT2D eigenvalue weighted by Crippen LogP contribution is -2.39. The van der Waals surface area contributed by atoms with Crippen LogP contribution < -0.4 is 10.6 Å². The van der Waals surface area contributed by atoms with Crippen LogP contribution in [0.5, 0.6) is 0 Å². The number of carbonyl (C=O) groups is 2. The Labute approximate surface area is 89.4 Å². The number of hydrogen-bond donors (Lipinski definition) is 2. The number of alkyl halides is 1. The van der Waals surface area contributed by atoms with Crippen molar-refractivity contribution in [1.29, 1.82) is 0 Å². The predicted molar refractivity (Wildman–Crippen MR) is 56.2 cm³/mol. The van der Waals surface area contributed by atoms with Gasteiger partial charge in [0.2, 0.25) is 11.8 Å². The van der Waals surface area contributed by atoms with Crippen LogP contribution in [0.25, 0.3) is 0 Å². The Kier molecular flexibility index (Phi) is 7.20. The van der Waals surface area contributed by atoms with Crippen molar-refractivity contribution >= 4 is 23.4 Å². The molecule has 0 rings (SSSR count). The molecule has 0 bridgehead atoms. The normalized spacial score (nSPS) is 11.9. The van der Waals surface area contributed by atoms with Gasteiger partial charge in [-0.1, -0.05) is 13.8 Å². The fourth-order valence-electron chi connectivity index (χ4n) is 0.739. The monoisotopic (exact) mass is 220 g/mol. The van der Waals surface area contributed by atoms with Gasteiger partial charge in [0.1, 0.15) is 0 Å². The first-order valence-corrected chi connectivity index (χ1v) is 5.25. The molecule has 14 heavy (non-hydrogen) atoms. The van der Waals surface area contributed by atoms with Crippen LogP contribution in [0.15, 0.2) is 0 Å². The molecule has 0 aliphatic rings. The summed E-state index contributed by atoms with van der Waals surface area (Å²) >= 11 is 5.48. The van der Waals surface area contributed by atoms with Crippen LogP contribution in [0.2, 0.25) is 0 Å². The molecular formula is C9H17ClN2O2. The van der Waals surface area contributed by atoms with Crippen molar-refractivity contribution in [1.82, 2.24) is 10.6 Å². The highest BCUT2D eigenvalue weighted by atomic mass is 35.5. The van der Waals surface area contributed by atoms with Crippen molar-refractivity contribution in [3.8, 4) is 0 Å². The van der Waals surface area contributed by atoms with Crippen molar-refractivity contribution in [3.05, 3.63) is 0 Å². The first-order chi connectivity index (χ1) is 6.61. The minimum atomic E-state index is -0.254. The summed E-state index contributed by atoms with van der Waals surface area (Å²) in [4.78, 5) is 22.2. The Balaban J connectivity index is 3.61. The first kappa shape index (κ1) is 13.2.